The van der Waals surface area contributed by atoms with Crippen molar-refractivity contribution in [2.24, 2.45) is 0 Å². The van der Waals surface area contributed by atoms with E-state index in [1.807, 2.05) is 0 Å². The molecule has 0 bridgehead atoms. The standard InChI is InChI=1S/C28H23FN4O4S2/c1-4-37-28(35)23-16(2)24(25(34)32-20-7-5-6-8-22(20)36-3)39-27(23)31-14-18(13-30)26-33-21(15-38-26)17-9-11-19(29)12-10-17/h5-12,14-15,31H,4H2,1-3H3,(H,32,34)/b18-14-. The molecule has 198 valence electrons. The maximum absolute atomic E-state index is 13.3. The van der Waals surface area contributed by atoms with Gasteiger partial charge in [0.15, 0.2) is 0 Å². The van der Waals surface area contributed by atoms with E-state index in [-0.39, 0.29) is 23.6 Å². The summed E-state index contributed by atoms with van der Waals surface area (Å²) in [4.78, 5) is 30.8. The highest BCUT2D eigenvalue weighted by Gasteiger charge is 2.26. The number of hydrogen-bond acceptors (Lipinski definition) is 9. The topological polar surface area (TPSA) is 113 Å². The van der Waals surface area contributed by atoms with Gasteiger partial charge in [-0.3, -0.25) is 4.79 Å². The van der Waals surface area contributed by atoms with Crippen molar-refractivity contribution in [2.45, 2.75) is 13.8 Å². The summed E-state index contributed by atoms with van der Waals surface area (Å²) in [6.07, 6.45) is 1.43. The maximum atomic E-state index is 13.3. The summed E-state index contributed by atoms with van der Waals surface area (Å²) in [5, 5.41) is 18.2. The highest BCUT2D eigenvalue weighted by Crippen LogP contribution is 2.36. The van der Waals surface area contributed by atoms with Crippen LogP contribution in [0.3, 0.4) is 0 Å². The van der Waals surface area contributed by atoms with Crippen molar-refractivity contribution in [2.75, 3.05) is 24.4 Å². The van der Waals surface area contributed by atoms with Crippen molar-refractivity contribution in [3.05, 3.63) is 86.9 Å². The highest BCUT2D eigenvalue weighted by molar-refractivity contribution is 7.18. The Morgan fingerprint density at radius 1 is 1.18 bits per heavy atom. The molecule has 11 heteroatoms. The van der Waals surface area contributed by atoms with Gasteiger partial charge in [-0.1, -0.05) is 12.1 Å². The number of anilines is 2. The van der Waals surface area contributed by atoms with E-state index in [9.17, 15) is 19.2 Å². The average Bonchev–Trinajstić information content (AvgIpc) is 3.55. The number of halogens is 1. The molecular weight excluding hydrogens is 539 g/mol. The molecule has 1 amide bonds. The van der Waals surface area contributed by atoms with Crippen molar-refractivity contribution >= 4 is 50.8 Å². The zero-order valence-electron chi connectivity index (χ0n) is 21.2. The Labute approximate surface area is 232 Å². The Bertz CT molecular complexity index is 1590. The average molecular weight is 563 g/mol. The number of methoxy groups -OCH3 is 1. The van der Waals surface area contributed by atoms with Gasteiger partial charge in [0.25, 0.3) is 5.91 Å². The van der Waals surface area contributed by atoms with Gasteiger partial charge in [-0.2, -0.15) is 5.26 Å². The Morgan fingerprint density at radius 2 is 1.92 bits per heavy atom. The summed E-state index contributed by atoms with van der Waals surface area (Å²) in [6, 6.07) is 15.0. The Balaban J connectivity index is 1.64. The molecule has 0 unspecified atom stereocenters. The Hall–Kier alpha value is -4.53. The van der Waals surface area contributed by atoms with Crippen LogP contribution in [-0.2, 0) is 4.74 Å². The van der Waals surface area contributed by atoms with E-state index in [4.69, 9.17) is 9.47 Å². The molecule has 2 aromatic carbocycles. The number of ether oxygens (including phenoxy) is 2. The van der Waals surface area contributed by atoms with Crippen LogP contribution in [0.4, 0.5) is 15.1 Å². The molecule has 4 rings (SSSR count). The first-order valence-electron chi connectivity index (χ1n) is 11.7. The lowest BCUT2D eigenvalue weighted by Gasteiger charge is -2.09. The minimum absolute atomic E-state index is 0.154. The molecule has 0 radical (unpaired) electrons. The van der Waals surface area contributed by atoms with Gasteiger partial charge in [0.1, 0.15) is 33.2 Å². The third kappa shape index (κ3) is 6.14. The number of para-hydroxylation sites is 2. The van der Waals surface area contributed by atoms with Crippen LogP contribution < -0.4 is 15.4 Å². The molecule has 0 fully saturated rings. The smallest absolute Gasteiger partial charge is 0.341 e. The molecule has 2 N–H and O–H groups in total. The van der Waals surface area contributed by atoms with Gasteiger partial charge in [0, 0.05) is 17.1 Å². The summed E-state index contributed by atoms with van der Waals surface area (Å²) in [5.41, 5.74) is 2.66. The minimum atomic E-state index is -0.593. The molecule has 2 aromatic heterocycles. The number of carbonyl (C=O) groups is 2. The summed E-state index contributed by atoms with van der Waals surface area (Å²) in [6.45, 7) is 3.51. The lowest BCUT2D eigenvalue weighted by Crippen LogP contribution is -2.13. The number of nitrogens with zero attached hydrogens (tertiary/aromatic N) is 2. The van der Waals surface area contributed by atoms with E-state index in [1.54, 1.807) is 55.6 Å². The third-order valence-electron chi connectivity index (χ3n) is 5.53. The third-order valence-corrected chi connectivity index (χ3v) is 7.63. The molecule has 8 nitrogen and oxygen atoms in total. The maximum Gasteiger partial charge on any atom is 0.341 e. The van der Waals surface area contributed by atoms with Gasteiger partial charge in [0.05, 0.1) is 35.5 Å². The van der Waals surface area contributed by atoms with Gasteiger partial charge in [-0.05, 0) is 55.8 Å². The van der Waals surface area contributed by atoms with Crippen molar-refractivity contribution < 1.29 is 23.5 Å². The number of thiazole rings is 1. The van der Waals surface area contributed by atoms with E-state index in [1.165, 1.54) is 36.8 Å². The lowest BCUT2D eigenvalue weighted by molar-refractivity contribution is 0.0527. The predicted octanol–water partition coefficient (Wildman–Crippen LogP) is 6.73. The second kappa shape index (κ2) is 12.3. The lowest BCUT2D eigenvalue weighted by atomic mass is 10.1. The number of thiophene rings is 1. The van der Waals surface area contributed by atoms with Crippen molar-refractivity contribution in [3.8, 4) is 23.1 Å². The molecule has 0 aliphatic heterocycles. The number of amides is 1. The first-order chi connectivity index (χ1) is 18.9. The van der Waals surface area contributed by atoms with Crippen LogP contribution in [-0.4, -0.2) is 30.6 Å². The number of hydrogen-bond donors (Lipinski definition) is 2. The van der Waals surface area contributed by atoms with Crippen molar-refractivity contribution in [3.63, 3.8) is 0 Å². The van der Waals surface area contributed by atoms with Crippen molar-refractivity contribution in [1.82, 2.24) is 4.98 Å². The second-order valence-corrected chi connectivity index (χ2v) is 9.87. The molecule has 4 aromatic rings. The van der Waals surface area contributed by atoms with Gasteiger partial charge in [-0.15, -0.1) is 22.7 Å². The SMILES string of the molecule is CCOC(=O)c1c(N/C=C(/C#N)c2nc(-c3ccc(F)cc3)cs2)sc(C(=O)Nc2ccccc2OC)c1C. The summed E-state index contributed by atoms with van der Waals surface area (Å²) in [7, 11) is 1.51. The largest absolute Gasteiger partial charge is 0.495 e. The van der Waals surface area contributed by atoms with E-state index >= 15 is 0 Å². The van der Waals surface area contributed by atoms with E-state index in [2.05, 4.69) is 21.7 Å². The van der Waals surface area contributed by atoms with Crippen LogP contribution >= 0.6 is 22.7 Å². The van der Waals surface area contributed by atoms with Crippen LogP contribution in [0.1, 0.15) is 37.5 Å². The van der Waals surface area contributed by atoms with E-state index in [0.29, 0.717) is 43.1 Å². The fourth-order valence-corrected chi connectivity index (χ4v) is 5.49. The molecule has 0 spiro atoms. The molecule has 0 aliphatic carbocycles. The fraction of sp³-hybridized carbons (Fsp3) is 0.143. The molecule has 39 heavy (non-hydrogen) atoms. The van der Waals surface area contributed by atoms with Crippen LogP contribution in [0.25, 0.3) is 16.8 Å². The first kappa shape index (κ1) is 27.5. The number of nitrogens with one attached hydrogen (secondary N) is 2. The van der Waals surface area contributed by atoms with E-state index < -0.39 is 11.9 Å². The van der Waals surface area contributed by atoms with Gasteiger partial charge in [0.2, 0.25) is 0 Å². The monoisotopic (exact) mass is 562 g/mol. The fourth-order valence-electron chi connectivity index (χ4n) is 3.64. The van der Waals surface area contributed by atoms with Crippen molar-refractivity contribution in [1.29, 1.82) is 5.26 Å². The Morgan fingerprint density at radius 3 is 2.62 bits per heavy atom. The molecule has 2 heterocycles. The zero-order chi connectivity index (χ0) is 27.9. The quantitative estimate of drug-likeness (QED) is 0.172. The summed E-state index contributed by atoms with van der Waals surface area (Å²) >= 11 is 2.31. The number of nitriles is 1. The van der Waals surface area contributed by atoms with Gasteiger partial charge >= 0.3 is 5.97 Å². The van der Waals surface area contributed by atoms with Crippen LogP contribution in [0.2, 0.25) is 0 Å². The van der Waals surface area contributed by atoms with Gasteiger partial charge < -0.3 is 20.1 Å². The second-order valence-electron chi connectivity index (χ2n) is 7.99. The highest BCUT2D eigenvalue weighted by atomic mass is 32.1. The number of allylic oxidation sites excluding steroid dienone is 1. The summed E-state index contributed by atoms with van der Waals surface area (Å²) in [5.74, 6) is -0.872. The molecule has 0 aliphatic rings. The predicted molar refractivity (Wildman–Crippen MR) is 151 cm³/mol. The number of benzene rings is 2. The van der Waals surface area contributed by atoms with Crippen LogP contribution in [0.15, 0.2) is 60.1 Å². The Kier molecular flexibility index (Phi) is 8.70. The normalized spacial score (nSPS) is 11.0. The first-order valence-corrected chi connectivity index (χ1v) is 13.4. The number of carbonyl (C=O) groups excluding carboxylic acids is 2. The number of rotatable bonds is 9. The molecule has 0 saturated carbocycles. The van der Waals surface area contributed by atoms with E-state index in [0.717, 1.165) is 11.3 Å². The molecule has 0 saturated heterocycles. The molecular formula is C28H23FN4O4S2. The van der Waals surface area contributed by atoms with Crippen LogP contribution in [0, 0.1) is 24.1 Å². The summed E-state index contributed by atoms with van der Waals surface area (Å²) < 4.78 is 23.8. The van der Waals surface area contributed by atoms with Gasteiger partial charge in [-0.25, -0.2) is 14.2 Å². The number of esters is 1. The van der Waals surface area contributed by atoms with Crippen LogP contribution in [0.5, 0.6) is 5.75 Å². The minimum Gasteiger partial charge on any atom is -0.495 e. The zero-order valence-corrected chi connectivity index (χ0v) is 22.8. The molecule has 0 atom stereocenters. The number of aromatic nitrogens is 1.